The smallest absolute Gasteiger partial charge is 0.126 e. The Bertz CT molecular complexity index is 301. The second-order valence-electron chi connectivity index (χ2n) is 3.30. The first-order valence-electron chi connectivity index (χ1n) is 4.79. The van der Waals surface area contributed by atoms with Gasteiger partial charge in [0.05, 0.1) is 12.6 Å². The van der Waals surface area contributed by atoms with Crippen molar-refractivity contribution < 1.29 is 9.50 Å². The lowest BCUT2D eigenvalue weighted by Crippen LogP contribution is -2.24. The summed E-state index contributed by atoms with van der Waals surface area (Å²) in [4.78, 5) is 0. The Hall–Kier alpha value is -0.930. The van der Waals surface area contributed by atoms with Gasteiger partial charge < -0.3 is 10.4 Å². The van der Waals surface area contributed by atoms with Gasteiger partial charge in [-0.05, 0) is 30.7 Å². The zero-order chi connectivity index (χ0) is 10.6. The number of likely N-dealkylation sites (N-methyl/N-ethyl adjacent to an activating group) is 1. The summed E-state index contributed by atoms with van der Waals surface area (Å²) in [5.74, 6) is -0.223. The number of benzene rings is 1. The Morgan fingerprint density at radius 2 is 2.21 bits per heavy atom. The summed E-state index contributed by atoms with van der Waals surface area (Å²) in [5, 5.41) is 12.2. The molecule has 0 amide bonds. The summed E-state index contributed by atoms with van der Waals surface area (Å²) in [7, 11) is 0. The number of nitrogens with one attached hydrogen (secondary N) is 1. The van der Waals surface area contributed by atoms with Gasteiger partial charge in [0, 0.05) is 0 Å². The van der Waals surface area contributed by atoms with Crippen LogP contribution < -0.4 is 5.32 Å². The van der Waals surface area contributed by atoms with Gasteiger partial charge in [-0.2, -0.15) is 0 Å². The van der Waals surface area contributed by atoms with Gasteiger partial charge in [-0.3, -0.25) is 0 Å². The first-order valence-corrected chi connectivity index (χ1v) is 4.79. The molecule has 0 fully saturated rings. The first kappa shape index (κ1) is 11.1. The fourth-order valence-corrected chi connectivity index (χ4v) is 1.36. The largest absolute Gasteiger partial charge is 0.394 e. The van der Waals surface area contributed by atoms with E-state index >= 15 is 0 Å². The Morgan fingerprint density at radius 1 is 1.50 bits per heavy atom. The van der Waals surface area contributed by atoms with E-state index in [1.807, 2.05) is 13.0 Å². The van der Waals surface area contributed by atoms with Gasteiger partial charge in [0.25, 0.3) is 0 Å². The molecule has 0 saturated heterocycles. The Labute approximate surface area is 83.8 Å². The summed E-state index contributed by atoms with van der Waals surface area (Å²) in [5.41, 5.74) is 1.42. The number of rotatable bonds is 4. The summed E-state index contributed by atoms with van der Waals surface area (Å²) in [6.07, 6.45) is 0. The number of halogens is 1. The predicted octanol–water partition coefficient (Wildman–Crippen LogP) is 1.78. The number of hydrogen-bond donors (Lipinski definition) is 2. The molecule has 1 unspecified atom stereocenters. The Balaban J connectivity index is 2.88. The summed E-state index contributed by atoms with van der Waals surface area (Å²) in [6, 6.07) is 4.86. The van der Waals surface area contributed by atoms with E-state index in [9.17, 15) is 4.39 Å². The third-order valence-electron chi connectivity index (χ3n) is 2.23. The highest BCUT2D eigenvalue weighted by Gasteiger charge is 2.09. The van der Waals surface area contributed by atoms with E-state index in [1.54, 1.807) is 13.0 Å². The minimum atomic E-state index is -0.223. The van der Waals surface area contributed by atoms with Crippen LogP contribution in [0.2, 0.25) is 0 Å². The molecule has 1 aromatic rings. The average molecular weight is 197 g/mol. The molecule has 0 aliphatic heterocycles. The fourth-order valence-electron chi connectivity index (χ4n) is 1.36. The molecule has 14 heavy (non-hydrogen) atoms. The normalized spacial score (nSPS) is 12.9. The molecule has 0 radical (unpaired) electrons. The van der Waals surface area contributed by atoms with Crippen LogP contribution in [0, 0.1) is 12.7 Å². The van der Waals surface area contributed by atoms with Crippen molar-refractivity contribution in [1.29, 1.82) is 0 Å². The minimum Gasteiger partial charge on any atom is -0.394 e. The molecule has 2 nitrogen and oxygen atoms in total. The molecule has 0 aromatic heterocycles. The monoisotopic (exact) mass is 197 g/mol. The number of aryl methyl sites for hydroxylation is 1. The van der Waals surface area contributed by atoms with E-state index in [1.165, 1.54) is 6.07 Å². The van der Waals surface area contributed by atoms with E-state index in [4.69, 9.17) is 5.11 Å². The first-order chi connectivity index (χ1) is 6.69. The predicted molar refractivity (Wildman–Crippen MR) is 54.6 cm³/mol. The van der Waals surface area contributed by atoms with Crippen molar-refractivity contribution in [2.45, 2.75) is 19.9 Å². The molecular weight excluding hydrogens is 181 g/mol. The van der Waals surface area contributed by atoms with Crippen molar-refractivity contribution in [3.05, 3.63) is 35.1 Å². The van der Waals surface area contributed by atoms with Crippen LogP contribution in [0.5, 0.6) is 0 Å². The standard InChI is InChI=1S/C11H16FNO/c1-3-13-11(7-14)9-5-4-8(2)10(12)6-9/h4-6,11,13-14H,3,7H2,1-2H3. The molecule has 2 N–H and O–H groups in total. The van der Waals surface area contributed by atoms with Crippen LogP contribution in [0.15, 0.2) is 18.2 Å². The Kier molecular flexibility index (Phi) is 4.04. The molecule has 0 spiro atoms. The molecule has 0 aliphatic rings. The molecule has 0 aliphatic carbocycles. The SMILES string of the molecule is CCNC(CO)c1ccc(C)c(F)c1. The minimum absolute atomic E-state index is 0.0175. The van der Waals surface area contributed by atoms with Gasteiger partial charge in [-0.25, -0.2) is 4.39 Å². The van der Waals surface area contributed by atoms with Crippen molar-refractivity contribution in [2.24, 2.45) is 0 Å². The van der Waals surface area contributed by atoms with Gasteiger partial charge >= 0.3 is 0 Å². The van der Waals surface area contributed by atoms with Crippen molar-refractivity contribution in [1.82, 2.24) is 5.32 Å². The van der Waals surface area contributed by atoms with Crippen LogP contribution >= 0.6 is 0 Å². The van der Waals surface area contributed by atoms with E-state index in [0.717, 1.165) is 12.1 Å². The highest BCUT2D eigenvalue weighted by molar-refractivity contribution is 5.25. The summed E-state index contributed by atoms with van der Waals surface area (Å²) < 4.78 is 13.2. The van der Waals surface area contributed by atoms with E-state index in [2.05, 4.69) is 5.32 Å². The molecular formula is C11H16FNO. The van der Waals surface area contributed by atoms with Gasteiger partial charge in [0.2, 0.25) is 0 Å². The summed E-state index contributed by atoms with van der Waals surface area (Å²) >= 11 is 0. The number of aliphatic hydroxyl groups excluding tert-OH is 1. The number of hydrogen-bond acceptors (Lipinski definition) is 2. The van der Waals surface area contributed by atoms with Crippen LogP contribution in [0.3, 0.4) is 0 Å². The molecule has 3 heteroatoms. The van der Waals surface area contributed by atoms with Gasteiger partial charge in [0.15, 0.2) is 0 Å². The lowest BCUT2D eigenvalue weighted by molar-refractivity contribution is 0.246. The highest BCUT2D eigenvalue weighted by Crippen LogP contribution is 2.16. The van der Waals surface area contributed by atoms with Crippen molar-refractivity contribution in [3.63, 3.8) is 0 Å². The third-order valence-corrected chi connectivity index (χ3v) is 2.23. The zero-order valence-corrected chi connectivity index (χ0v) is 8.55. The van der Waals surface area contributed by atoms with Crippen molar-refractivity contribution in [3.8, 4) is 0 Å². The second-order valence-corrected chi connectivity index (χ2v) is 3.30. The molecule has 0 heterocycles. The van der Waals surface area contributed by atoms with Crippen LogP contribution in [-0.2, 0) is 0 Å². The van der Waals surface area contributed by atoms with E-state index in [-0.39, 0.29) is 18.5 Å². The van der Waals surface area contributed by atoms with Gasteiger partial charge in [0.1, 0.15) is 5.82 Å². The van der Waals surface area contributed by atoms with E-state index < -0.39 is 0 Å². The lowest BCUT2D eigenvalue weighted by atomic mass is 10.1. The van der Waals surface area contributed by atoms with Crippen LogP contribution in [0.25, 0.3) is 0 Å². The van der Waals surface area contributed by atoms with E-state index in [0.29, 0.717) is 5.56 Å². The molecule has 78 valence electrons. The van der Waals surface area contributed by atoms with Crippen LogP contribution in [0.4, 0.5) is 4.39 Å². The molecule has 1 atom stereocenters. The topological polar surface area (TPSA) is 32.3 Å². The average Bonchev–Trinajstić information content (AvgIpc) is 2.19. The van der Waals surface area contributed by atoms with Crippen LogP contribution in [-0.4, -0.2) is 18.3 Å². The summed E-state index contributed by atoms with van der Waals surface area (Å²) in [6.45, 7) is 4.41. The molecule has 0 saturated carbocycles. The fraction of sp³-hybridized carbons (Fsp3) is 0.455. The second kappa shape index (κ2) is 5.08. The highest BCUT2D eigenvalue weighted by atomic mass is 19.1. The molecule has 1 aromatic carbocycles. The van der Waals surface area contributed by atoms with Crippen molar-refractivity contribution >= 4 is 0 Å². The molecule has 0 bridgehead atoms. The third kappa shape index (κ3) is 2.53. The maximum absolute atomic E-state index is 13.2. The maximum Gasteiger partial charge on any atom is 0.126 e. The quantitative estimate of drug-likeness (QED) is 0.771. The molecule has 1 rings (SSSR count). The number of aliphatic hydroxyl groups is 1. The van der Waals surface area contributed by atoms with Crippen molar-refractivity contribution in [2.75, 3.05) is 13.2 Å². The lowest BCUT2D eigenvalue weighted by Gasteiger charge is -2.15. The Morgan fingerprint density at radius 3 is 2.71 bits per heavy atom. The van der Waals surface area contributed by atoms with Gasteiger partial charge in [-0.1, -0.05) is 19.1 Å². The zero-order valence-electron chi connectivity index (χ0n) is 8.55. The van der Waals surface area contributed by atoms with Gasteiger partial charge in [-0.15, -0.1) is 0 Å². The maximum atomic E-state index is 13.2. The van der Waals surface area contributed by atoms with Crippen LogP contribution in [0.1, 0.15) is 24.1 Å².